The van der Waals surface area contributed by atoms with Crippen molar-refractivity contribution in [3.63, 3.8) is 0 Å². The third-order valence-electron chi connectivity index (χ3n) is 8.05. The summed E-state index contributed by atoms with van der Waals surface area (Å²) >= 11 is 0. The average Bonchev–Trinajstić information content (AvgIpc) is 2.77. The van der Waals surface area contributed by atoms with Crippen molar-refractivity contribution in [2.45, 2.75) is 89.5 Å². The normalized spacial score (nSPS) is 25.5. The Morgan fingerprint density at radius 3 is 2.64 bits per heavy atom. The van der Waals surface area contributed by atoms with Gasteiger partial charge in [0.25, 0.3) is 0 Å². The molecule has 2 fully saturated rings. The summed E-state index contributed by atoms with van der Waals surface area (Å²) in [5, 5.41) is 22.1. The number of carbonyl (C=O) groups is 2. The molecule has 1 aliphatic heterocycles. The van der Waals surface area contributed by atoms with Crippen LogP contribution in [0.15, 0.2) is 24.3 Å². The maximum Gasteiger partial charge on any atom is 0.303 e. The lowest BCUT2D eigenvalue weighted by Crippen LogP contribution is -2.52. The van der Waals surface area contributed by atoms with E-state index in [0.717, 1.165) is 32.5 Å². The van der Waals surface area contributed by atoms with Crippen LogP contribution < -0.4 is 5.32 Å². The van der Waals surface area contributed by atoms with Crippen LogP contribution in [0, 0.1) is 11.8 Å². The van der Waals surface area contributed by atoms with E-state index < -0.39 is 5.97 Å². The van der Waals surface area contributed by atoms with E-state index in [4.69, 9.17) is 5.11 Å². The number of rotatable bonds is 10. The second-order valence-electron chi connectivity index (χ2n) is 10.6. The number of phenolic OH excluding ortho intramolecular Hbond substituents is 1. The molecule has 3 atom stereocenters. The van der Waals surface area contributed by atoms with Gasteiger partial charge in [-0.1, -0.05) is 58.1 Å². The summed E-state index contributed by atoms with van der Waals surface area (Å²) in [5.41, 5.74) is 1.22. The van der Waals surface area contributed by atoms with Crippen LogP contribution in [0.2, 0.25) is 0 Å². The number of nitrogens with one attached hydrogen (secondary N) is 1. The Morgan fingerprint density at radius 1 is 1.21 bits per heavy atom. The minimum atomic E-state index is -0.848. The first-order valence-corrected chi connectivity index (χ1v) is 12.8. The molecular formula is C27H42N2O4. The predicted molar refractivity (Wildman–Crippen MR) is 130 cm³/mol. The topological polar surface area (TPSA) is 89.9 Å². The highest BCUT2D eigenvalue weighted by atomic mass is 16.4. The van der Waals surface area contributed by atoms with Gasteiger partial charge >= 0.3 is 5.97 Å². The zero-order valence-corrected chi connectivity index (χ0v) is 20.4. The Hall–Kier alpha value is -2.08. The van der Waals surface area contributed by atoms with E-state index in [1.165, 1.54) is 37.7 Å². The van der Waals surface area contributed by atoms with Crippen LogP contribution in [0.4, 0.5) is 0 Å². The van der Waals surface area contributed by atoms with E-state index in [9.17, 15) is 14.7 Å². The summed E-state index contributed by atoms with van der Waals surface area (Å²) in [5.74, 6) is 0.546. The minimum Gasteiger partial charge on any atom is -0.508 e. The van der Waals surface area contributed by atoms with Crippen molar-refractivity contribution < 1.29 is 19.8 Å². The standard InChI is InChI=1S/C27H42N2O4/c1-20-18-29(15-14-27(20,2)22-10-6-11-24(30)17-22)19-23(16-21-8-4-3-5-9-21)28-25(31)12-7-13-26(32)33/h6,10-11,17,20-21,23,30H,3-5,7-9,12-16,18-19H2,1-2H3,(H,28,31)(H,32,33)/t20-,23?,27-/m0/s1. The van der Waals surface area contributed by atoms with E-state index in [0.29, 0.717) is 24.0 Å². The van der Waals surface area contributed by atoms with E-state index in [1.807, 2.05) is 12.1 Å². The second kappa shape index (κ2) is 11.9. The summed E-state index contributed by atoms with van der Waals surface area (Å²) in [6.45, 7) is 7.36. The molecule has 184 valence electrons. The van der Waals surface area contributed by atoms with Crippen LogP contribution in [0.1, 0.15) is 83.6 Å². The highest BCUT2D eigenvalue weighted by molar-refractivity contribution is 5.77. The van der Waals surface area contributed by atoms with Crippen LogP contribution in [-0.4, -0.2) is 52.7 Å². The van der Waals surface area contributed by atoms with Gasteiger partial charge in [-0.05, 0) is 60.8 Å². The van der Waals surface area contributed by atoms with Gasteiger partial charge in [-0.3, -0.25) is 9.59 Å². The van der Waals surface area contributed by atoms with E-state index >= 15 is 0 Å². The number of hydrogen-bond donors (Lipinski definition) is 3. The molecule has 1 unspecified atom stereocenters. The molecule has 1 aliphatic carbocycles. The number of nitrogens with zero attached hydrogens (tertiary/aromatic N) is 1. The van der Waals surface area contributed by atoms with Crippen molar-refractivity contribution in [3.05, 3.63) is 29.8 Å². The third kappa shape index (κ3) is 7.46. The molecule has 1 saturated carbocycles. The number of carbonyl (C=O) groups excluding carboxylic acids is 1. The molecule has 33 heavy (non-hydrogen) atoms. The Balaban J connectivity index is 1.60. The number of aliphatic carboxylic acids is 1. The fourth-order valence-electron chi connectivity index (χ4n) is 5.79. The first-order chi connectivity index (χ1) is 15.8. The number of piperidine rings is 1. The molecule has 0 aromatic heterocycles. The van der Waals surface area contributed by atoms with Crippen molar-refractivity contribution in [1.29, 1.82) is 0 Å². The lowest BCUT2D eigenvalue weighted by atomic mass is 9.68. The van der Waals surface area contributed by atoms with Gasteiger partial charge in [0.05, 0.1) is 0 Å². The average molecular weight is 459 g/mol. The quantitative estimate of drug-likeness (QED) is 0.473. The minimum absolute atomic E-state index is 0.0216. The number of carboxylic acid groups (broad SMARTS) is 1. The smallest absolute Gasteiger partial charge is 0.303 e. The van der Waals surface area contributed by atoms with Crippen LogP contribution >= 0.6 is 0 Å². The monoisotopic (exact) mass is 458 g/mol. The summed E-state index contributed by atoms with van der Waals surface area (Å²) in [7, 11) is 0. The summed E-state index contributed by atoms with van der Waals surface area (Å²) in [4.78, 5) is 25.8. The van der Waals surface area contributed by atoms with Crippen molar-refractivity contribution in [2.75, 3.05) is 19.6 Å². The zero-order valence-electron chi connectivity index (χ0n) is 20.4. The van der Waals surface area contributed by atoms with E-state index in [-0.39, 0.29) is 30.2 Å². The molecule has 0 bridgehead atoms. The summed E-state index contributed by atoms with van der Waals surface area (Å²) < 4.78 is 0. The van der Waals surface area contributed by atoms with Crippen LogP contribution in [0.25, 0.3) is 0 Å². The predicted octanol–water partition coefficient (Wildman–Crippen LogP) is 4.70. The number of hydrogen-bond acceptors (Lipinski definition) is 4. The number of aromatic hydroxyl groups is 1. The fraction of sp³-hybridized carbons (Fsp3) is 0.704. The molecule has 3 N–H and O–H groups in total. The molecule has 0 spiro atoms. The van der Waals surface area contributed by atoms with Crippen molar-refractivity contribution in [2.24, 2.45) is 11.8 Å². The fourth-order valence-corrected chi connectivity index (χ4v) is 5.79. The van der Waals surface area contributed by atoms with Crippen LogP contribution in [-0.2, 0) is 15.0 Å². The van der Waals surface area contributed by atoms with Crippen LogP contribution in [0.3, 0.4) is 0 Å². The van der Waals surface area contributed by atoms with Gasteiger partial charge < -0.3 is 20.4 Å². The summed E-state index contributed by atoms with van der Waals surface area (Å²) in [6.07, 6.45) is 9.12. The molecule has 1 amide bonds. The van der Waals surface area contributed by atoms with Gasteiger partial charge in [-0.15, -0.1) is 0 Å². The molecular weight excluding hydrogens is 416 g/mol. The maximum absolute atomic E-state index is 12.6. The molecule has 3 rings (SSSR count). The van der Waals surface area contributed by atoms with Crippen molar-refractivity contribution in [1.82, 2.24) is 10.2 Å². The number of benzene rings is 1. The number of amides is 1. The van der Waals surface area contributed by atoms with Gasteiger partial charge in [0, 0.05) is 32.0 Å². The molecule has 1 aromatic rings. The molecule has 6 nitrogen and oxygen atoms in total. The first kappa shape index (κ1) is 25.5. The van der Waals surface area contributed by atoms with Crippen LogP contribution in [0.5, 0.6) is 5.75 Å². The van der Waals surface area contributed by atoms with Crippen molar-refractivity contribution >= 4 is 11.9 Å². The van der Waals surface area contributed by atoms with E-state index in [1.54, 1.807) is 6.07 Å². The van der Waals surface area contributed by atoms with Gasteiger partial charge in [0.2, 0.25) is 5.91 Å². The summed E-state index contributed by atoms with van der Waals surface area (Å²) in [6, 6.07) is 7.78. The molecule has 0 radical (unpaired) electrons. The molecule has 6 heteroatoms. The lowest BCUT2D eigenvalue weighted by Gasteiger charge is -2.46. The van der Waals surface area contributed by atoms with Gasteiger partial charge in [0.1, 0.15) is 5.75 Å². The Bertz CT molecular complexity index is 792. The Labute approximate surface area is 198 Å². The Kier molecular flexibility index (Phi) is 9.19. The Morgan fingerprint density at radius 2 is 1.97 bits per heavy atom. The number of likely N-dealkylation sites (tertiary alicyclic amines) is 1. The highest BCUT2D eigenvalue weighted by Crippen LogP contribution is 2.40. The molecule has 1 saturated heterocycles. The maximum atomic E-state index is 12.6. The molecule has 1 aromatic carbocycles. The first-order valence-electron chi connectivity index (χ1n) is 12.8. The van der Waals surface area contributed by atoms with Gasteiger partial charge in [-0.2, -0.15) is 0 Å². The lowest BCUT2D eigenvalue weighted by molar-refractivity contribution is -0.137. The third-order valence-corrected chi connectivity index (χ3v) is 8.05. The van der Waals surface area contributed by atoms with E-state index in [2.05, 4.69) is 30.1 Å². The molecule has 2 aliphatic rings. The van der Waals surface area contributed by atoms with Gasteiger partial charge in [0.15, 0.2) is 0 Å². The number of carboxylic acids is 1. The highest BCUT2D eigenvalue weighted by Gasteiger charge is 2.38. The SMILES string of the molecule is C[C@H]1CN(CC(CC2CCCCC2)NC(=O)CCCC(=O)O)CC[C@]1(C)c1cccc(O)c1. The van der Waals surface area contributed by atoms with Gasteiger partial charge in [-0.25, -0.2) is 0 Å². The second-order valence-corrected chi connectivity index (χ2v) is 10.6. The largest absolute Gasteiger partial charge is 0.508 e. The van der Waals surface area contributed by atoms with Crippen molar-refractivity contribution in [3.8, 4) is 5.75 Å². The number of phenols is 1. The zero-order chi connectivity index (χ0) is 23.8. The molecule has 1 heterocycles.